The van der Waals surface area contributed by atoms with Gasteiger partial charge in [0.2, 0.25) is 0 Å². The lowest BCUT2D eigenvalue weighted by atomic mass is 10.1. The Balaban J connectivity index is 1.58. The lowest BCUT2D eigenvalue weighted by Crippen LogP contribution is -2.07. The second-order valence-electron chi connectivity index (χ2n) is 7.54. The fourth-order valence-electron chi connectivity index (χ4n) is 3.55. The van der Waals surface area contributed by atoms with Crippen molar-refractivity contribution in [3.8, 4) is 11.4 Å². The molecule has 8 heteroatoms. The van der Waals surface area contributed by atoms with Crippen LogP contribution in [0.25, 0.3) is 5.69 Å². The molecule has 0 fully saturated rings. The number of hydrogen-bond donors (Lipinski definition) is 0. The summed E-state index contributed by atoms with van der Waals surface area (Å²) in [6.45, 7) is 6.08. The zero-order valence-corrected chi connectivity index (χ0v) is 19.8. The topological polar surface area (TPSA) is 79.4 Å². The maximum absolute atomic E-state index is 11.9. The van der Waals surface area contributed by atoms with Crippen molar-refractivity contribution in [2.45, 2.75) is 38.3 Å². The molecule has 0 aliphatic carbocycles. The molecule has 0 N–H and O–H groups in total. The van der Waals surface area contributed by atoms with Gasteiger partial charge in [0.15, 0.2) is 11.0 Å². The van der Waals surface area contributed by atoms with Gasteiger partial charge in [-0.25, -0.2) is 4.79 Å². The highest BCUT2D eigenvalue weighted by molar-refractivity contribution is 7.98. The quantitative estimate of drug-likeness (QED) is 0.254. The number of aromatic nitrogens is 3. The zero-order chi connectivity index (χ0) is 23.4. The van der Waals surface area contributed by atoms with E-state index in [0.717, 1.165) is 22.6 Å². The van der Waals surface area contributed by atoms with Gasteiger partial charge in [0.05, 0.1) is 12.9 Å². The van der Waals surface area contributed by atoms with Crippen molar-refractivity contribution < 1.29 is 18.7 Å². The number of carbonyl (C=O) groups excluding carboxylic acids is 1. The average molecular weight is 464 g/mol. The molecule has 170 valence electrons. The van der Waals surface area contributed by atoms with Crippen LogP contribution in [-0.4, -0.2) is 27.8 Å². The molecule has 33 heavy (non-hydrogen) atoms. The summed E-state index contributed by atoms with van der Waals surface area (Å²) in [6, 6.07) is 17.7. The number of ether oxygens (including phenoxy) is 2. The van der Waals surface area contributed by atoms with Gasteiger partial charge in [-0.2, -0.15) is 0 Å². The van der Waals surface area contributed by atoms with Gasteiger partial charge in [-0.05, 0) is 50.1 Å². The smallest absolute Gasteiger partial charge is 0.341 e. The molecule has 7 nitrogen and oxygen atoms in total. The normalized spacial score (nSPS) is 10.9. The van der Waals surface area contributed by atoms with Crippen LogP contribution in [0.3, 0.4) is 0 Å². The van der Waals surface area contributed by atoms with Crippen LogP contribution in [-0.2, 0) is 17.1 Å². The Kier molecular flexibility index (Phi) is 6.84. The van der Waals surface area contributed by atoms with Crippen LogP contribution >= 0.6 is 11.8 Å². The van der Waals surface area contributed by atoms with E-state index in [-0.39, 0.29) is 6.61 Å². The van der Waals surface area contributed by atoms with E-state index < -0.39 is 5.97 Å². The van der Waals surface area contributed by atoms with E-state index in [1.165, 1.54) is 18.9 Å². The molecule has 0 spiro atoms. The molecule has 0 bridgehead atoms. The number of methoxy groups -OCH3 is 1. The van der Waals surface area contributed by atoms with Crippen LogP contribution in [0.2, 0.25) is 0 Å². The van der Waals surface area contributed by atoms with Crippen molar-refractivity contribution >= 4 is 17.7 Å². The first-order valence-corrected chi connectivity index (χ1v) is 11.5. The first-order valence-electron chi connectivity index (χ1n) is 10.5. The summed E-state index contributed by atoms with van der Waals surface area (Å²) < 4.78 is 18.7. The first kappa shape index (κ1) is 22.7. The Labute approximate surface area is 196 Å². The second-order valence-corrected chi connectivity index (χ2v) is 8.48. The zero-order valence-electron chi connectivity index (χ0n) is 19.0. The first-order chi connectivity index (χ1) is 16.0. The van der Waals surface area contributed by atoms with Crippen molar-refractivity contribution in [1.82, 2.24) is 14.8 Å². The number of nitrogens with zero attached hydrogens (tertiary/aromatic N) is 3. The predicted octanol–water partition coefficient (Wildman–Crippen LogP) is 5.44. The molecule has 2 heterocycles. The molecule has 0 amide bonds. The fourth-order valence-corrected chi connectivity index (χ4v) is 4.40. The van der Waals surface area contributed by atoms with E-state index in [9.17, 15) is 4.79 Å². The standard InChI is InChI=1S/C25H25N3O4S/c1-16-9-8-10-17(2)23(16)31-14-22-26-27-25(28(22)19-11-6-5-7-12-19)33-15-20-13-21(18(3)32-20)24(29)30-4/h5-13H,14-15H2,1-4H3. The van der Waals surface area contributed by atoms with Crippen LogP contribution in [0.5, 0.6) is 5.75 Å². The van der Waals surface area contributed by atoms with Crippen LogP contribution in [0.1, 0.15) is 38.8 Å². The number of rotatable bonds is 8. The predicted molar refractivity (Wildman–Crippen MR) is 126 cm³/mol. The van der Waals surface area contributed by atoms with Crippen molar-refractivity contribution in [1.29, 1.82) is 0 Å². The molecule has 4 rings (SSSR count). The van der Waals surface area contributed by atoms with Crippen molar-refractivity contribution in [2.24, 2.45) is 0 Å². The lowest BCUT2D eigenvalue weighted by Gasteiger charge is -2.13. The maximum Gasteiger partial charge on any atom is 0.341 e. The summed E-state index contributed by atoms with van der Waals surface area (Å²) in [5, 5.41) is 9.52. The van der Waals surface area contributed by atoms with Crippen LogP contribution in [0.15, 0.2) is 64.2 Å². The molecule has 0 radical (unpaired) electrons. The number of benzene rings is 2. The maximum atomic E-state index is 11.9. The Hall–Kier alpha value is -3.52. The summed E-state index contributed by atoms with van der Waals surface area (Å²) in [5.41, 5.74) is 3.52. The minimum absolute atomic E-state index is 0.278. The third kappa shape index (κ3) is 4.96. The number of thioether (sulfide) groups is 1. The third-order valence-electron chi connectivity index (χ3n) is 5.19. The lowest BCUT2D eigenvalue weighted by molar-refractivity contribution is 0.0599. The van der Waals surface area contributed by atoms with Gasteiger partial charge in [-0.15, -0.1) is 10.2 Å². The number of aryl methyl sites for hydroxylation is 3. The van der Waals surface area contributed by atoms with E-state index in [1.54, 1.807) is 13.0 Å². The van der Waals surface area contributed by atoms with Gasteiger partial charge < -0.3 is 13.9 Å². The molecule has 0 atom stereocenters. The van der Waals surface area contributed by atoms with E-state index in [2.05, 4.69) is 10.2 Å². The molecule has 0 saturated heterocycles. The SMILES string of the molecule is COC(=O)c1cc(CSc2nnc(COc3c(C)cccc3C)n2-c2ccccc2)oc1C. The van der Waals surface area contributed by atoms with Crippen LogP contribution in [0, 0.1) is 20.8 Å². The van der Waals surface area contributed by atoms with Crippen molar-refractivity contribution in [2.75, 3.05) is 7.11 Å². The molecule has 2 aromatic heterocycles. The molecular formula is C25H25N3O4S. The van der Waals surface area contributed by atoms with Gasteiger partial charge in [0.1, 0.15) is 29.4 Å². The van der Waals surface area contributed by atoms with Crippen LogP contribution < -0.4 is 4.74 Å². The largest absolute Gasteiger partial charge is 0.485 e. The Bertz CT molecular complexity index is 1240. The van der Waals surface area contributed by atoms with E-state index >= 15 is 0 Å². The average Bonchev–Trinajstić information content (AvgIpc) is 3.40. The minimum atomic E-state index is -0.411. The fraction of sp³-hybridized carbons (Fsp3) is 0.240. The molecule has 2 aromatic carbocycles. The molecule has 0 saturated carbocycles. The molecule has 4 aromatic rings. The Morgan fingerprint density at radius 3 is 2.45 bits per heavy atom. The molecule has 0 aliphatic rings. The van der Waals surface area contributed by atoms with E-state index in [0.29, 0.717) is 33.8 Å². The Morgan fingerprint density at radius 2 is 1.76 bits per heavy atom. The summed E-state index contributed by atoms with van der Waals surface area (Å²) in [7, 11) is 1.35. The Morgan fingerprint density at radius 1 is 1.03 bits per heavy atom. The van der Waals surface area contributed by atoms with Gasteiger partial charge in [0, 0.05) is 5.69 Å². The monoisotopic (exact) mass is 463 g/mol. The van der Waals surface area contributed by atoms with Crippen molar-refractivity contribution in [3.63, 3.8) is 0 Å². The van der Waals surface area contributed by atoms with Gasteiger partial charge in [0.25, 0.3) is 0 Å². The minimum Gasteiger partial charge on any atom is -0.485 e. The molecular weight excluding hydrogens is 438 g/mol. The second kappa shape index (κ2) is 9.95. The molecule has 0 unspecified atom stereocenters. The third-order valence-corrected chi connectivity index (χ3v) is 6.14. The van der Waals surface area contributed by atoms with Gasteiger partial charge in [-0.3, -0.25) is 4.57 Å². The number of para-hydroxylation sites is 2. The van der Waals surface area contributed by atoms with Crippen molar-refractivity contribution in [3.05, 3.63) is 88.6 Å². The summed E-state index contributed by atoms with van der Waals surface area (Å²) in [5.74, 6) is 2.82. The summed E-state index contributed by atoms with van der Waals surface area (Å²) in [4.78, 5) is 11.9. The number of furan rings is 1. The van der Waals surface area contributed by atoms with Gasteiger partial charge in [-0.1, -0.05) is 48.2 Å². The number of carbonyl (C=O) groups is 1. The summed E-state index contributed by atoms with van der Waals surface area (Å²) >= 11 is 1.47. The highest BCUT2D eigenvalue weighted by Crippen LogP contribution is 2.29. The van der Waals surface area contributed by atoms with E-state index in [4.69, 9.17) is 13.9 Å². The molecule has 0 aliphatic heterocycles. The highest BCUT2D eigenvalue weighted by Gasteiger charge is 2.19. The number of hydrogen-bond acceptors (Lipinski definition) is 7. The summed E-state index contributed by atoms with van der Waals surface area (Å²) in [6.07, 6.45) is 0. The van der Waals surface area contributed by atoms with Gasteiger partial charge >= 0.3 is 5.97 Å². The number of esters is 1. The van der Waals surface area contributed by atoms with Crippen LogP contribution in [0.4, 0.5) is 0 Å². The van der Waals surface area contributed by atoms with E-state index in [1.807, 2.05) is 66.9 Å². The highest BCUT2D eigenvalue weighted by atomic mass is 32.2.